The first-order chi connectivity index (χ1) is 9.76. The average Bonchev–Trinajstić information content (AvgIpc) is 2.47. The molecule has 5 atom stereocenters. The lowest BCUT2D eigenvalue weighted by Crippen LogP contribution is -2.50. The maximum Gasteiger partial charge on any atom is 0.335 e. The number of nitrogens with two attached hydrogens (primary N) is 1. The highest BCUT2D eigenvalue weighted by Crippen LogP contribution is 2.09. The van der Waals surface area contributed by atoms with E-state index in [0.717, 1.165) is 0 Å². The molecule has 0 saturated carbocycles. The van der Waals surface area contributed by atoms with E-state index < -0.39 is 42.4 Å². The highest BCUT2D eigenvalue weighted by atomic mass is 32.2. The second-order valence-electron chi connectivity index (χ2n) is 4.19. The molecule has 10 heteroatoms. The molecule has 0 amide bonds. The van der Waals surface area contributed by atoms with Gasteiger partial charge in [-0.3, -0.25) is 9.59 Å². The highest BCUT2D eigenvalue weighted by molar-refractivity contribution is 7.98. The normalized spacial score (nSPS) is 18.1. The van der Waals surface area contributed by atoms with Gasteiger partial charge in [-0.1, -0.05) is 0 Å². The van der Waals surface area contributed by atoms with Crippen molar-refractivity contribution in [2.24, 2.45) is 5.73 Å². The molecule has 0 aliphatic rings. The van der Waals surface area contributed by atoms with Crippen molar-refractivity contribution in [3.05, 3.63) is 0 Å². The van der Waals surface area contributed by atoms with Crippen LogP contribution >= 0.6 is 11.8 Å². The number of thioether (sulfide) groups is 1. The van der Waals surface area contributed by atoms with E-state index in [9.17, 15) is 24.6 Å². The van der Waals surface area contributed by atoms with Crippen LogP contribution in [0.15, 0.2) is 0 Å². The van der Waals surface area contributed by atoms with E-state index in [1.54, 1.807) is 6.26 Å². The van der Waals surface area contributed by atoms with Crippen molar-refractivity contribution in [1.29, 1.82) is 0 Å². The Morgan fingerprint density at radius 3 is 2.29 bits per heavy atom. The molecular weight excluding hydrogens is 306 g/mol. The minimum absolute atomic E-state index is 0.0155. The number of carbonyl (C=O) groups excluding carboxylic acids is 2. The van der Waals surface area contributed by atoms with E-state index in [1.165, 1.54) is 11.8 Å². The van der Waals surface area contributed by atoms with Crippen molar-refractivity contribution < 1.29 is 39.5 Å². The maximum absolute atomic E-state index is 11.6. The minimum Gasteiger partial charge on any atom is -0.479 e. The van der Waals surface area contributed by atoms with Gasteiger partial charge in [0, 0.05) is 0 Å². The van der Waals surface area contributed by atoms with E-state index in [0.29, 0.717) is 5.75 Å². The monoisotopic (exact) mass is 325 g/mol. The zero-order chi connectivity index (χ0) is 16.6. The summed E-state index contributed by atoms with van der Waals surface area (Å²) < 4.78 is 4.62. The van der Waals surface area contributed by atoms with Crippen LogP contribution < -0.4 is 5.73 Å². The van der Waals surface area contributed by atoms with Crippen LogP contribution in [0, 0.1) is 0 Å². The van der Waals surface area contributed by atoms with Gasteiger partial charge in [-0.15, -0.1) is 0 Å². The van der Waals surface area contributed by atoms with Gasteiger partial charge < -0.3 is 30.9 Å². The van der Waals surface area contributed by atoms with Crippen molar-refractivity contribution in [3.8, 4) is 0 Å². The number of esters is 1. The number of carbonyl (C=O) groups is 3. The predicted octanol–water partition coefficient (Wildman–Crippen LogP) is -2.66. The molecule has 0 aromatic heterocycles. The van der Waals surface area contributed by atoms with Crippen LogP contribution in [0.1, 0.15) is 6.42 Å². The topological polar surface area (TPSA) is 167 Å². The molecule has 0 saturated heterocycles. The van der Waals surface area contributed by atoms with Crippen LogP contribution in [0.4, 0.5) is 0 Å². The Hall–Kier alpha value is -1.20. The highest BCUT2D eigenvalue weighted by Gasteiger charge is 2.37. The Balaban J connectivity index is 4.66. The lowest BCUT2D eigenvalue weighted by Gasteiger charge is -2.25. The number of aldehydes is 1. The zero-order valence-corrected chi connectivity index (χ0v) is 12.1. The third-order valence-corrected chi connectivity index (χ3v) is 3.23. The summed E-state index contributed by atoms with van der Waals surface area (Å²) in [5, 5.41) is 36.5. The average molecular weight is 325 g/mol. The van der Waals surface area contributed by atoms with Crippen molar-refractivity contribution >= 4 is 30.0 Å². The predicted molar refractivity (Wildman–Crippen MR) is 72.6 cm³/mol. The third-order valence-electron chi connectivity index (χ3n) is 2.59. The maximum atomic E-state index is 11.6. The van der Waals surface area contributed by atoms with Gasteiger partial charge >= 0.3 is 11.9 Å². The van der Waals surface area contributed by atoms with Crippen LogP contribution in [0.25, 0.3) is 0 Å². The number of carboxylic acids is 1. The summed E-state index contributed by atoms with van der Waals surface area (Å²) in [5.74, 6) is -2.20. The molecule has 0 fully saturated rings. The Labute approximate surface area is 125 Å². The SMILES string of the molecule is CSCC[C@H](N)C(=O)O[C@@H](C=O)[C@@H](O)[C@@H](O)[C@H](O)C(=O)O. The molecule has 9 nitrogen and oxygen atoms in total. The van der Waals surface area contributed by atoms with Crippen LogP contribution in [-0.4, -0.2) is 81.1 Å². The van der Waals surface area contributed by atoms with Crippen LogP contribution in [0.5, 0.6) is 0 Å². The van der Waals surface area contributed by atoms with Crippen molar-refractivity contribution in [2.75, 3.05) is 12.0 Å². The van der Waals surface area contributed by atoms with Gasteiger partial charge in [-0.25, -0.2) is 4.79 Å². The van der Waals surface area contributed by atoms with Crippen molar-refractivity contribution in [1.82, 2.24) is 0 Å². The number of rotatable bonds is 10. The number of carboxylic acid groups (broad SMARTS) is 1. The van der Waals surface area contributed by atoms with Crippen molar-refractivity contribution in [3.63, 3.8) is 0 Å². The molecule has 122 valence electrons. The first-order valence-electron chi connectivity index (χ1n) is 5.93. The number of aliphatic hydroxyl groups excluding tert-OH is 3. The van der Waals surface area contributed by atoms with Crippen LogP contribution in [-0.2, 0) is 19.1 Å². The van der Waals surface area contributed by atoms with E-state index in [2.05, 4.69) is 4.74 Å². The largest absolute Gasteiger partial charge is 0.479 e. The van der Waals surface area contributed by atoms with E-state index in [-0.39, 0.29) is 12.7 Å². The molecule has 0 heterocycles. The third kappa shape index (κ3) is 6.40. The summed E-state index contributed by atoms with van der Waals surface area (Å²) in [7, 11) is 0. The van der Waals surface area contributed by atoms with Gasteiger partial charge in [0.1, 0.15) is 18.2 Å². The molecule has 0 aliphatic heterocycles. The van der Waals surface area contributed by atoms with Gasteiger partial charge in [-0.2, -0.15) is 11.8 Å². The Bertz CT molecular complexity index is 366. The molecule has 0 aromatic carbocycles. The lowest BCUT2D eigenvalue weighted by atomic mass is 10.0. The fraction of sp³-hybridized carbons (Fsp3) is 0.727. The van der Waals surface area contributed by atoms with E-state index in [1.807, 2.05) is 0 Å². The lowest BCUT2D eigenvalue weighted by molar-refractivity contribution is -0.174. The first kappa shape index (κ1) is 19.8. The molecule has 0 rings (SSSR count). The fourth-order valence-corrected chi connectivity index (χ4v) is 1.78. The second-order valence-corrected chi connectivity index (χ2v) is 5.18. The molecule has 0 aliphatic carbocycles. The molecular formula is C11H19NO8S. The Morgan fingerprint density at radius 2 is 1.86 bits per heavy atom. The number of ether oxygens (including phenoxy) is 1. The summed E-state index contributed by atoms with van der Waals surface area (Å²) >= 11 is 1.45. The number of aliphatic hydroxyl groups is 3. The van der Waals surface area contributed by atoms with Gasteiger partial charge in [-0.05, 0) is 18.4 Å². The molecule has 0 unspecified atom stereocenters. The summed E-state index contributed by atoms with van der Waals surface area (Å²) in [6.07, 6.45) is -6.35. The van der Waals surface area contributed by atoms with Crippen molar-refractivity contribution in [2.45, 2.75) is 36.9 Å². The van der Waals surface area contributed by atoms with Crippen LogP contribution in [0.2, 0.25) is 0 Å². The zero-order valence-electron chi connectivity index (χ0n) is 11.3. The van der Waals surface area contributed by atoms with Crippen LogP contribution in [0.3, 0.4) is 0 Å². The smallest absolute Gasteiger partial charge is 0.335 e. The first-order valence-corrected chi connectivity index (χ1v) is 7.33. The fourth-order valence-electron chi connectivity index (χ4n) is 1.29. The standard InChI is InChI=1S/C11H19NO8S/c1-21-3-2-5(12)11(19)20-6(4-13)7(14)8(15)9(16)10(17)18/h4-9,14-16H,2-3,12H2,1H3,(H,17,18)/t5-,6-,7+,8+,9-/m0/s1. The Morgan fingerprint density at radius 1 is 1.29 bits per heavy atom. The number of hydrogen-bond donors (Lipinski definition) is 5. The second kappa shape index (κ2) is 9.68. The summed E-state index contributed by atoms with van der Waals surface area (Å²) in [6.45, 7) is 0. The van der Waals surface area contributed by atoms with E-state index in [4.69, 9.17) is 15.9 Å². The van der Waals surface area contributed by atoms with Gasteiger partial charge in [0.05, 0.1) is 0 Å². The number of aliphatic carboxylic acids is 1. The Kier molecular flexibility index (Phi) is 9.13. The number of hydrogen-bond acceptors (Lipinski definition) is 9. The molecule has 0 bridgehead atoms. The molecule has 0 radical (unpaired) electrons. The van der Waals surface area contributed by atoms with Gasteiger partial charge in [0.2, 0.25) is 0 Å². The molecule has 0 spiro atoms. The summed E-state index contributed by atoms with van der Waals surface area (Å²) in [4.78, 5) is 32.8. The molecule has 0 aromatic rings. The summed E-state index contributed by atoms with van der Waals surface area (Å²) in [6, 6.07) is -1.02. The van der Waals surface area contributed by atoms with Gasteiger partial charge in [0.15, 0.2) is 18.5 Å². The quantitative estimate of drug-likeness (QED) is 0.211. The van der Waals surface area contributed by atoms with Gasteiger partial charge in [0.25, 0.3) is 0 Å². The van der Waals surface area contributed by atoms with E-state index >= 15 is 0 Å². The molecule has 6 N–H and O–H groups in total. The molecule has 21 heavy (non-hydrogen) atoms. The minimum atomic E-state index is -2.33. The summed E-state index contributed by atoms with van der Waals surface area (Å²) in [5.41, 5.74) is 5.50.